The number of ether oxygens (including phenoxy) is 3. The molecule has 6 heteroatoms. The molecule has 19 heavy (non-hydrogen) atoms. The van der Waals surface area contributed by atoms with Crippen molar-refractivity contribution in [3.63, 3.8) is 0 Å². The number of esters is 1. The lowest BCUT2D eigenvalue weighted by Gasteiger charge is -2.09. The Kier molecular flexibility index (Phi) is 5.40. The number of nitrogens with two attached hydrogens (primary N) is 1. The van der Waals surface area contributed by atoms with E-state index in [1.54, 1.807) is 18.2 Å². The summed E-state index contributed by atoms with van der Waals surface area (Å²) in [5.74, 6) is -0.316. The van der Waals surface area contributed by atoms with E-state index in [2.05, 4.69) is 4.74 Å². The van der Waals surface area contributed by atoms with Gasteiger partial charge in [-0.15, -0.1) is 0 Å². The second-order valence-corrected chi connectivity index (χ2v) is 3.49. The van der Waals surface area contributed by atoms with Crippen molar-refractivity contribution in [2.45, 2.75) is 0 Å². The van der Waals surface area contributed by atoms with E-state index in [4.69, 9.17) is 15.2 Å². The van der Waals surface area contributed by atoms with Crippen LogP contribution in [-0.4, -0.2) is 32.7 Å². The average Bonchev–Trinajstić information content (AvgIpc) is 2.42. The van der Waals surface area contributed by atoms with E-state index < -0.39 is 18.5 Å². The number of rotatable bonds is 6. The average molecular weight is 265 g/mol. The first-order valence-corrected chi connectivity index (χ1v) is 5.42. The monoisotopic (exact) mass is 265 g/mol. The van der Waals surface area contributed by atoms with Crippen molar-refractivity contribution in [3.8, 4) is 11.5 Å². The molecular weight excluding hydrogens is 250 g/mol. The smallest absolute Gasteiger partial charge is 0.331 e. The lowest BCUT2D eigenvalue weighted by atomic mass is 10.1. The first-order valence-electron chi connectivity index (χ1n) is 5.42. The summed E-state index contributed by atoms with van der Waals surface area (Å²) in [6, 6.07) is 5.25. The van der Waals surface area contributed by atoms with Gasteiger partial charge in [-0.05, 0) is 12.1 Å². The van der Waals surface area contributed by atoms with Crippen LogP contribution in [0.1, 0.15) is 5.56 Å². The van der Waals surface area contributed by atoms with E-state index >= 15 is 0 Å². The molecule has 1 aromatic rings. The molecule has 0 aliphatic rings. The van der Waals surface area contributed by atoms with Crippen molar-refractivity contribution in [2.75, 3.05) is 20.8 Å². The van der Waals surface area contributed by atoms with Crippen molar-refractivity contribution < 1.29 is 23.8 Å². The molecule has 0 spiro atoms. The number of carbonyl (C=O) groups is 2. The van der Waals surface area contributed by atoms with Crippen LogP contribution >= 0.6 is 0 Å². The number of carbonyl (C=O) groups excluding carboxylic acids is 2. The van der Waals surface area contributed by atoms with E-state index in [-0.39, 0.29) is 0 Å². The van der Waals surface area contributed by atoms with Crippen molar-refractivity contribution in [2.24, 2.45) is 5.73 Å². The Morgan fingerprint density at radius 3 is 2.58 bits per heavy atom. The summed E-state index contributed by atoms with van der Waals surface area (Å²) < 4.78 is 14.9. The zero-order valence-corrected chi connectivity index (χ0v) is 10.7. The second kappa shape index (κ2) is 7.05. The number of amides is 1. The zero-order chi connectivity index (χ0) is 14.3. The van der Waals surface area contributed by atoms with Gasteiger partial charge in [-0.25, -0.2) is 4.79 Å². The van der Waals surface area contributed by atoms with Gasteiger partial charge >= 0.3 is 5.97 Å². The van der Waals surface area contributed by atoms with Gasteiger partial charge in [0.1, 0.15) is 0 Å². The lowest BCUT2D eigenvalue weighted by Crippen LogP contribution is -2.19. The molecule has 2 N–H and O–H groups in total. The molecule has 0 atom stereocenters. The fourth-order valence-electron chi connectivity index (χ4n) is 1.39. The molecule has 0 unspecified atom stereocenters. The maximum Gasteiger partial charge on any atom is 0.331 e. The summed E-state index contributed by atoms with van der Waals surface area (Å²) in [5.41, 5.74) is 5.51. The largest absolute Gasteiger partial charge is 0.493 e. The van der Waals surface area contributed by atoms with Crippen LogP contribution in [0, 0.1) is 0 Å². The van der Waals surface area contributed by atoms with Crippen LogP contribution in [0.4, 0.5) is 0 Å². The second-order valence-electron chi connectivity index (χ2n) is 3.49. The molecule has 1 aromatic carbocycles. The summed E-state index contributed by atoms with van der Waals surface area (Å²) in [6.07, 6.45) is 2.69. The van der Waals surface area contributed by atoms with Gasteiger partial charge in [0.25, 0.3) is 5.91 Å². The van der Waals surface area contributed by atoms with E-state index in [9.17, 15) is 9.59 Å². The quantitative estimate of drug-likeness (QED) is 0.605. The van der Waals surface area contributed by atoms with Gasteiger partial charge in [0, 0.05) is 11.6 Å². The Labute approximate surface area is 110 Å². The fraction of sp³-hybridized carbons (Fsp3) is 0.231. The third-order valence-corrected chi connectivity index (χ3v) is 2.19. The number of para-hydroxylation sites is 1. The summed E-state index contributed by atoms with van der Waals surface area (Å²) in [6.45, 7) is -0.446. The minimum absolute atomic E-state index is 0.446. The Morgan fingerprint density at radius 2 is 2.00 bits per heavy atom. The number of benzene rings is 1. The van der Waals surface area contributed by atoms with Crippen LogP contribution in [0.3, 0.4) is 0 Å². The van der Waals surface area contributed by atoms with Crippen LogP contribution < -0.4 is 15.2 Å². The standard InChI is InChI=1S/C13H15NO5/c1-17-10-5-3-4-9(13(10)18-2)6-7-12(16)19-8-11(14)15/h3-7H,8H2,1-2H3,(H2,14,15). The Bertz CT molecular complexity index is 496. The van der Waals surface area contributed by atoms with E-state index in [1.165, 1.54) is 26.4 Å². The molecule has 0 aliphatic carbocycles. The summed E-state index contributed by atoms with van der Waals surface area (Å²) in [4.78, 5) is 21.7. The molecule has 0 radical (unpaired) electrons. The third-order valence-electron chi connectivity index (χ3n) is 2.19. The van der Waals surface area contributed by atoms with Crippen LogP contribution in [0.2, 0.25) is 0 Å². The highest BCUT2D eigenvalue weighted by Crippen LogP contribution is 2.31. The van der Waals surface area contributed by atoms with E-state index in [0.29, 0.717) is 17.1 Å². The zero-order valence-electron chi connectivity index (χ0n) is 10.7. The van der Waals surface area contributed by atoms with Gasteiger partial charge in [0.15, 0.2) is 18.1 Å². The number of hydrogen-bond acceptors (Lipinski definition) is 5. The Morgan fingerprint density at radius 1 is 1.26 bits per heavy atom. The highest BCUT2D eigenvalue weighted by atomic mass is 16.5. The van der Waals surface area contributed by atoms with Crippen molar-refractivity contribution in [3.05, 3.63) is 29.8 Å². The Balaban J connectivity index is 2.81. The molecule has 102 valence electrons. The Hall–Kier alpha value is -2.50. The SMILES string of the molecule is COc1cccc(C=CC(=O)OCC(N)=O)c1OC. The number of hydrogen-bond donors (Lipinski definition) is 1. The van der Waals surface area contributed by atoms with Crippen LogP contribution in [-0.2, 0) is 14.3 Å². The van der Waals surface area contributed by atoms with Gasteiger partial charge in [-0.3, -0.25) is 4.79 Å². The van der Waals surface area contributed by atoms with Gasteiger partial charge in [0.2, 0.25) is 0 Å². The first-order chi connectivity index (χ1) is 9.08. The lowest BCUT2D eigenvalue weighted by molar-refractivity contribution is -0.142. The summed E-state index contributed by atoms with van der Waals surface area (Å²) in [5, 5.41) is 0. The highest BCUT2D eigenvalue weighted by molar-refractivity contribution is 5.89. The van der Waals surface area contributed by atoms with Gasteiger partial charge in [-0.2, -0.15) is 0 Å². The summed E-state index contributed by atoms with van der Waals surface area (Å²) in [7, 11) is 3.02. The molecule has 1 rings (SSSR count). The molecular formula is C13H15NO5. The molecule has 0 saturated carbocycles. The van der Waals surface area contributed by atoms with Crippen LogP contribution in [0.5, 0.6) is 11.5 Å². The van der Waals surface area contributed by atoms with Gasteiger partial charge in [0.05, 0.1) is 14.2 Å². The predicted octanol–water partition coefficient (Wildman–Crippen LogP) is 0.745. The van der Waals surface area contributed by atoms with E-state index in [1.807, 2.05) is 0 Å². The fourth-order valence-corrected chi connectivity index (χ4v) is 1.39. The predicted molar refractivity (Wildman–Crippen MR) is 68.7 cm³/mol. The third kappa shape index (κ3) is 4.34. The topological polar surface area (TPSA) is 87.9 Å². The van der Waals surface area contributed by atoms with Crippen LogP contribution in [0.25, 0.3) is 6.08 Å². The van der Waals surface area contributed by atoms with Crippen molar-refractivity contribution in [1.82, 2.24) is 0 Å². The first kappa shape index (κ1) is 14.6. The van der Waals surface area contributed by atoms with Gasteiger partial charge < -0.3 is 19.9 Å². The molecule has 0 aromatic heterocycles. The minimum Gasteiger partial charge on any atom is -0.493 e. The highest BCUT2D eigenvalue weighted by Gasteiger charge is 2.07. The molecule has 0 saturated heterocycles. The van der Waals surface area contributed by atoms with Crippen molar-refractivity contribution in [1.29, 1.82) is 0 Å². The molecule has 6 nitrogen and oxygen atoms in total. The maximum absolute atomic E-state index is 11.3. The molecule has 0 bridgehead atoms. The number of primary amides is 1. The molecule has 1 amide bonds. The van der Waals surface area contributed by atoms with Crippen molar-refractivity contribution >= 4 is 18.0 Å². The molecule has 0 aliphatic heterocycles. The minimum atomic E-state index is -0.708. The maximum atomic E-state index is 11.3. The molecule has 0 heterocycles. The normalized spacial score (nSPS) is 10.2. The summed E-state index contributed by atoms with van der Waals surface area (Å²) >= 11 is 0. The van der Waals surface area contributed by atoms with Crippen LogP contribution in [0.15, 0.2) is 24.3 Å². The van der Waals surface area contributed by atoms with Gasteiger partial charge in [-0.1, -0.05) is 12.1 Å². The van der Waals surface area contributed by atoms with E-state index in [0.717, 1.165) is 0 Å². The molecule has 0 fully saturated rings. The number of methoxy groups -OCH3 is 2.